The van der Waals surface area contributed by atoms with E-state index >= 15 is 0 Å². The van der Waals surface area contributed by atoms with Crippen LogP contribution in [0.2, 0.25) is 0 Å². The minimum absolute atomic E-state index is 0.215. The van der Waals surface area contributed by atoms with E-state index in [4.69, 9.17) is 9.47 Å². The van der Waals surface area contributed by atoms with Crippen LogP contribution in [0, 0.1) is 0 Å². The molecular formula is C13H17NO3. The summed E-state index contributed by atoms with van der Waals surface area (Å²) in [5, 5.41) is 0. The quantitative estimate of drug-likeness (QED) is 0.747. The van der Waals surface area contributed by atoms with Gasteiger partial charge in [0.15, 0.2) is 11.5 Å². The fraction of sp³-hybridized carbons (Fsp3) is 0.462. The third-order valence-electron chi connectivity index (χ3n) is 3.12. The van der Waals surface area contributed by atoms with Crippen LogP contribution in [0.15, 0.2) is 18.2 Å². The highest BCUT2D eigenvalue weighted by molar-refractivity contribution is 5.82. The Morgan fingerprint density at radius 2 is 2.00 bits per heavy atom. The van der Waals surface area contributed by atoms with Crippen molar-refractivity contribution in [2.45, 2.75) is 25.9 Å². The second-order valence-electron chi connectivity index (χ2n) is 4.26. The Balaban J connectivity index is 2.14. The number of benzene rings is 1. The van der Waals surface area contributed by atoms with Crippen LogP contribution in [0.3, 0.4) is 0 Å². The molecule has 0 aliphatic carbocycles. The van der Waals surface area contributed by atoms with E-state index in [1.165, 1.54) is 0 Å². The van der Waals surface area contributed by atoms with Crippen molar-refractivity contribution in [3.63, 3.8) is 0 Å². The molecule has 4 heteroatoms. The number of likely N-dealkylation sites (tertiary alicyclic amines) is 1. The number of hydrogen-bond donors (Lipinski definition) is 0. The molecule has 1 aromatic carbocycles. The maximum absolute atomic E-state index is 11.4. The van der Waals surface area contributed by atoms with Gasteiger partial charge in [-0.1, -0.05) is 6.07 Å². The van der Waals surface area contributed by atoms with Gasteiger partial charge in [-0.3, -0.25) is 4.79 Å². The minimum atomic E-state index is 0.215. The molecule has 17 heavy (non-hydrogen) atoms. The molecule has 0 N–H and O–H groups in total. The number of rotatable bonds is 4. The number of carbonyl (C=O) groups is 1. The molecule has 0 radical (unpaired) electrons. The van der Waals surface area contributed by atoms with Crippen LogP contribution in [0.5, 0.6) is 11.5 Å². The number of nitrogens with zero attached hydrogens (tertiary/aromatic N) is 1. The third-order valence-corrected chi connectivity index (χ3v) is 3.12. The number of β-lactam (4-membered cyclic amide) rings is 1. The summed E-state index contributed by atoms with van der Waals surface area (Å²) in [6.07, 6.45) is 0.660. The zero-order chi connectivity index (χ0) is 12.4. The van der Waals surface area contributed by atoms with Gasteiger partial charge in [0, 0.05) is 19.0 Å². The van der Waals surface area contributed by atoms with E-state index in [-0.39, 0.29) is 5.91 Å². The highest BCUT2D eigenvalue weighted by Gasteiger charge is 2.31. The molecule has 0 bridgehead atoms. The van der Waals surface area contributed by atoms with Crippen LogP contribution in [0.25, 0.3) is 0 Å². The number of amides is 1. The van der Waals surface area contributed by atoms with E-state index in [1.54, 1.807) is 14.2 Å². The Kier molecular flexibility index (Phi) is 3.22. The van der Waals surface area contributed by atoms with Gasteiger partial charge in [0.05, 0.1) is 14.2 Å². The van der Waals surface area contributed by atoms with Gasteiger partial charge in [-0.25, -0.2) is 0 Å². The third kappa shape index (κ3) is 2.20. The maximum Gasteiger partial charge on any atom is 0.225 e. The molecule has 1 aromatic rings. The van der Waals surface area contributed by atoms with Crippen LogP contribution in [-0.4, -0.2) is 31.1 Å². The molecule has 2 rings (SSSR count). The van der Waals surface area contributed by atoms with E-state index in [9.17, 15) is 4.79 Å². The summed E-state index contributed by atoms with van der Waals surface area (Å²) in [4.78, 5) is 13.3. The van der Waals surface area contributed by atoms with Crippen LogP contribution in [0.1, 0.15) is 18.9 Å². The molecule has 1 unspecified atom stereocenters. The molecule has 0 saturated carbocycles. The van der Waals surface area contributed by atoms with Crippen molar-refractivity contribution in [3.8, 4) is 11.5 Å². The fourth-order valence-corrected chi connectivity index (χ4v) is 2.03. The fourth-order valence-electron chi connectivity index (χ4n) is 2.03. The number of ether oxygens (including phenoxy) is 2. The lowest BCUT2D eigenvalue weighted by atomic mass is 10.0. The minimum Gasteiger partial charge on any atom is -0.493 e. The molecule has 1 amide bonds. The molecule has 1 saturated heterocycles. The molecule has 4 nitrogen and oxygen atoms in total. The lowest BCUT2D eigenvalue weighted by Gasteiger charge is -2.38. The van der Waals surface area contributed by atoms with E-state index in [0.29, 0.717) is 30.5 Å². The first-order valence-corrected chi connectivity index (χ1v) is 5.66. The Morgan fingerprint density at radius 3 is 2.53 bits per heavy atom. The average Bonchev–Trinajstić information content (AvgIpc) is 2.35. The first-order valence-electron chi connectivity index (χ1n) is 5.66. The second-order valence-corrected chi connectivity index (χ2v) is 4.26. The maximum atomic E-state index is 11.4. The number of carbonyl (C=O) groups excluding carboxylic acids is 1. The number of hydrogen-bond acceptors (Lipinski definition) is 3. The number of methoxy groups -OCH3 is 2. The largest absolute Gasteiger partial charge is 0.493 e. The normalized spacial score (nSPS) is 18.9. The first kappa shape index (κ1) is 11.8. The first-order chi connectivity index (χ1) is 8.15. The van der Waals surface area contributed by atoms with Crippen LogP contribution < -0.4 is 9.47 Å². The SMILES string of the molecule is COc1ccc(CN2C(=O)CC2C)cc1OC. The van der Waals surface area contributed by atoms with E-state index in [2.05, 4.69) is 6.92 Å². The monoisotopic (exact) mass is 235 g/mol. The predicted molar refractivity (Wildman–Crippen MR) is 64.2 cm³/mol. The molecule has 1 aliphatic heterocycles. The van der Waals surface area contributed by atoms with Gasteiger partial charge in [-0.2, -0.15) is 0 Å². The summed E-state index contributed by atoms with van der Waals surface area (Å²) in [7, 11) is 3.22. The van der Waals surface area contributed by atoms with Crippen molar-refractivity contribution in [1.82, 2.24) is 4.90 Å². The smallest absolute Gasteiger partial charge is 0.225 e. The van der Waals surface area contributed by atoms with Gasteiger partial charge in [-0.15, -0.1) is 0 Å². The molecule has 1 heterocycles. The van der Waals surface area contributed by atoms with Gasteiger partial charge in [0.1, 0.15) is 0 Å². The highest BCUT2D eigenvalue weighted by atomic mass is 16.5. The van der Waals surface area contributed by atoms with Crippen molar-refractivity contribution < 1.29 is 14.3 Å². The highest BCUT2D eigenvalue weighted by Crippen LogP contribution is 2.29. The molecule has 1 aliphatic rings. The van der Waals surface area contributed by atoms with Crippen molar-refractivity contribution >= 4 is 5.91 Å². The van der Waals surface area contributed by atoms with Crippen molar-refractivity contribution in [1.29, 1.82) is 0 Å². The Hall–Kier alpha value is -1.71. The van der Waals surface area contributed by atoms with Crippen molar-refractivity contribution in [3.05, 3.63) is 23.8 Å². The summed E-state index contributed by atoms with van der Waals surface area (Å²) in [6.45, 7) is 2.70. The predicted octanol–water partition coefficient (Wildman–Crippen LogP) is 1.82. The van der Waals surface area contributed by atoms with Crippen molar-refractivity contribution in [2.24, 2.45) is 0 Å². The average molecular weight is 235 g/mol. The van der Waals surface area contributed by atoms with Gasteiger partial charge in [0.25, 0.3) is 0 Å². The molecule has 0 spiro atoms. The Labute approximate surface area is 101 Å². The summed E-state index contributed by atoms with van der Waals surface area (Å²) in [6, 6.07) is 6.08. The molecule has 1 atom stereocenters. The lowest BCUT2D eigenvalue weighted by Crippen LogP contribution is -2.49. The van der Waals surface area contributed by atoms with Crippen LogP contribution >= 0.6 is 0 Å². The molecule has 92 valence electrons. The van der Waals surface area contributed by atoms with E-state index in [0.717, 1.165) is 5.56 Å². The lowest BCUT2D eigenvalue weighted by molar-refractivity contribution is -0.145. The van der Waals surface area contributed by atoms with Gasteiger partial charge in [-0.05, 0) is 24.6 Å². The van der Waals surface area contributed by atoms with Gasteiger partial charge in [0.2, 0.25) is 5.91 Å². The topological polar surface area (TPSA) is 38.8 Å². The molecule has 1 fully saturated rings. The Morgan fingerprint density at radius 1 is 1.29 bits per heavy atom. The van der Waals surface area contributed by atoms with Crippen LogP contribution in [0.4, 0.5) is 0 Å². The van der Waals surface area contributed by atoms with Crippen LogP contribution in [-0.2, 0) is 11.3 Å². The second kappa shape index (κ2) is 4.65. The van der Waals surface area contributed by atoms with Gasteiger partial charge >= 0.3 is 0 Å². The zero-order valence-corrected chi connectivity index (χ0v) is 10.4. The molecule has 0 aromatic heterocycles. The van der Waals surface area contributed by atoms with Gasteiger partial charge < -0.3 is 14.4 Å². The summed E-state index contributed by atoms with van der Waals surface area (Å²) in [5.74, 6) is 1.62. The summed E-state index contributed by atoms with van der Waals surface area (Å²) in [5.41, 5.74) is 1.06. The van der Waals surface area contributed by atoms with Crippen molar-refractivity contribution in [2.75, 3.05) is 14.2 Å². The zero-order valence-electron chi connectivity index (χ0n) is 10.4. The summed E-state index contributed by atoms with van der Waals surface area (Å²) < 4.78 is 10.4. The standard InChI is InChI=1S/C13H17NO3/c1-9-6-13(15)14(9)8-10-4-5-11(16-2)12(7-10)17-3/h4-5,7,9H,6,8H2,1-3H3. The van der Waals surface area contributed by atoms with E-state index in [1.807, 2.05) is 23.1 Å². The van der Waals surface area contributed by atoms with E-state index < -0.39 is 0 Å². The Bertz CT molecular complexity index is 431. The molecular weight excluding hydrogens is 218 g/mol. The summed E-state index contributed by atoms with van der Waals surface area (Å²) >= 11 is 0.